The van der Waals surface area contributed by atoms with Crippen LogP contribution in [0.1, 0.15) is 36.5 Å². The second-order valence-electron chi connectivity index (χ2n) is 8.30. The van der Waals surface area contributed by atoms with Crippen molar-refractivity contribution in [1.82, 2.24) is 10.2 Å². The van der Waals surface area contributed by atoms with Crippen LogP contribution in [0, 0.1) is 18.7 Å². The van der Waals surface area contributed by atoms with Gasteiger partial charge in [0, 0.05) is 32.0 Å². The monoisotopic (exact) mass is 412 g/mol. The van der Waals surface area contributed by atoms with Gasteiger partial charge in [-0.1, -0.05) is 42.5 Å². The highest BCUT2D eigenvalue weighted by Gasteiger charge is 2.37. The minimum atomic E-state index is -1.48. The lowest BCUT2D eigenvalue weighted by atomic mass is 9.91. The molecule has 0 aliphatic carbocycles. The molecule has 1 heterocycles. The van der Waals surface area contributed by atoms with Crippen molar-refractivity contribution in [1.29, 1.82) is 0 Å². The molecule has 1 unspecified atom stereocenters. The molecule has 1 fully saturated rings. The van der Waals surface area contributed by atoms with E-state index >= 15 is 0 Å². The van der Waals surface area contributed by atoms with Gasteiger partial charge in [0.25, 0.3) is 5.91 Å². The van der Waals surface area contributed by atoms with Gasteiger partial charge in [0.05, 0.1) is 0 Å². The molecule has 2 aromatic rings. The third-order valence-electron chi connectivity index (χ3n) is 5.71. The molecule has 2 amide bonds. The summed E-state index contributed by atoms with van der Waals surface area (Å²) in [6, 6.07) is 14.4. The summed E-state index contributed by atoms with van der Waals surface area (Å²) in [4.78, 5) is 26.9. The quantitative estimate of drug-likeness (QED) is 0.766. The largest absolute Gasteiger partial charge is 0.380 e. The van der Waals surface area contributed by atoms with E-state index in [0.29, 0.717) is 31.5 Å². The SMILES string of the molecule is Cc1ccc(CNC(=O)C2CCN(C(=O)C(C)(O)Cc3ccccc3)CC2)cc1F. The predicted octanol–water partition coefficient (Wildman–Crippen LogP) is 2.98. The first-order valence-electron chi connectivity index (χ1n) is 10.3. The molecule has 1 atom stereocenters. The Labute approximate surface area is 176 Å². The van der Waals surface area contributed by atoms with Crippen molar-refractivity contribution in [3.63, 3.8) is 0 Å². The van der Waals surface area contributed by atoms with Crippen LogP contribution in [0.3, 0.4) is 0 Å². The van der Waals surface area contributed by atoms with Crippen LogP contribution in [-0.2, 0) is 22.6 Å². The zero-order valence-electron chi connectivity index (χ0n) is 17.5. The maximum absolute atomic E-state index is 13.6. The van der Waals surface area contributed by atoms with E-state index in [1.165, 1.54) is 6.07 Å². The highest BCUT2D eigenvalue weighted by atomic mass is 19.1. The molecule has 1 aliphatic rings. The van der Waals surface area contributed by atoms with Crippen LogP contribution in [-0.4, -0.2) is 40.5 Å². The number of aliphatic hydroxyl groups is 1. The number of likely N-dealkylation sites (tertiary alicyclic amines) is 1. The van der Waals surface area contributed by atoms with Gasteiger partial charge < -0.3 is 15.3 Å². The molecule has 0 radical (unpaired) electrons. The number of aryl methyl sites for hydroxylation is 1. The first-order valence-corrected chi connectivity index (χ1v) is 10.3. The summed E-state index contributed by atoms with van der Waals surface area (Å²) in [7, 11) is 0. The minimum Gasteiger partial charge on any atom is -0.380 e. The first-order chi connectivity index (χ1) is 14.3. The van der Waals surface area contributed by atoms with Crippen molar-refractivity contribution in [2.24, 2.45) is 5.92 Å². The molecule has 6 heteroatoms. The normalized spacial score (nSPS) is 16.7. The molecule has 3 rings (SSSR count). The molecule has 2 aromatic carbocycles. The van der Waals surface area contributed by atoms with E-state index in [-0.39, 0.29) is 36.5 Å². The summed E-state index contributed by atoms with van der Waals surface area (Å²) < 4.78 is 13.6. The molecular formula is C24H29FN2O3. The predicted molar refractivity (Wildman–Crippen MR) is 113 cm³/mol. The fraction of sp³-hybridized carbons (Fsp3) is 0.417. The molecule has 0 aromatic heterocycles. The number of nitrogens with zero attached hydrogens (tertiary/aromatic N) is 1. The van der Waals surface area contributed by atoms with Crippen molar-refractivity contribution >= 4 is 11.8 Å². The Morgan fingerprint density at radius 2 is 1.80 bits per heavy atom. The number of carbonyl (C=O) groups is 2. The maximum atomic E-state index is 13.6. The van der Waals surface area contributed by atoms with Crippen LogP contribution in [0.2, 0.25) is 0 Å². The zero-order valence-corrected chi connectivity index (χ0v) is 17.5. The molecule has 160 valence electrons. The van der Waals surface area contributed by atoms with Crippen LogP contribution < -0.4 is 5.32 Å². The Balaban J connectivity index is 1.49. The molecule has 0 saturated carbocycles. The highest BCUT2D eigenvalue weighted by molar-refractivity contribution is 5.85. The smallest absolute Gasteiger partial charge is 0.254 e. The van der Waals surface area contributed by atoms with E-state index in [4.69, 9.17) is 0 Å². The third kappa shape index (κ3) is 5.45. The lowest BCUT2D eigenvalue weighted by Crippen LogP contribution is -2.52. The van der Waals surface area contributed by atoms with Gasteiger partial charge in [-0.2, -0.15) is 0 Å². The van der Waals surface area contributed by atoms with Crippen LogP contribution in [0.25, 0.3) is 0 Å². The van der Waals surface area contributed by atoms with Gasteiger partial charge in [0.15, 0.2) is 0 Å². The molecule has 1 aliphatic heterocycles. The van der Waals surface area contributed by atoms with Crippen LogP contribution in [0.5, 0.6) is 0 Å². The zero-order chi connectivity index (χ0) is 21.7. The summed E-state index contributed by atoms with van der Waals surface area (Å²) in [5, 5.41) is 13.6. The van der Waals surface area contributed by atoms with E-state index in [9.17, 15) is 19.1 Å². The van der Waals surface area contributed by atoms with Crippen LogP contribution >= 0.6 is 0 Å². The van der Waals surface area contributed by atoms with Gasteiger partial charge in [-0.25, -0.2) is 4.39 Å². The van der Waals surface area contributed by atoms with Gasteiger partial charge in [0.2, 0.25) is 5.91 Å². The fourth-order valence-corrected chi connectivity index (χ4v) is 3.83. The highest BCUT2D eigenvalue weighted by Crippen LogP contribution is 2.23. The number of rotatable bonds is 6. The van der Waals surface area contributed by atoms with Gasteiger partial charge in [-0.15, -0.1) is 0 Å². The first kappa shape index (κ1) is 22.0. The molecule has 30 heavy (non-hydrogen) atoms. The Bertz CT molecular complexity index is 891. The van der Waals surface area contributed by atoms with E-state index < -0.39 is 5.60 Å². The second-order valence-corrected chi connectivity index (χ2v) is 8.30. The van der Waals surface area contributed by atoms with Crippen LogP contribution in [0.4, 0.5) is 4.39 Å². The summed E-state index contributed by atoms with van der Waals surface area (Å²) in [6.07, 6.45) is 1.34. The molecule has 0 bridgehead atoms. The van der Waals surface area contributed by atoms with E-state index in [2.05, 4.69) is 5.32 Å². The standard InChI is InChI=1S/C24H29FN2O3/c1-17-8-9-19(14-21(17)25)16-26-22(28)20-10-12-27(13-11-20)23(29)24(2,30)15-18-6-4-3-5-7-18/h3-9,14,20,30H,10-13,15-16H2,1-2H3,(H,26,28). The summed E-state index contributed by atoms with van der Waals surface area (Å²) >= 11 is 0. The molecule has 5 nitrogen and oxygen atoms in total. The van der Waals surface area contributed by atoms with Gasteiger partial charge in [-0.05, 0) is 49.4 Å². The van der Waals surface area contributed by atoms with Crippen molar-refractivity contribution in [3.8, 4) is 0 Å². The number of amides is 2. The van der Waals surface area contributed by atoms with Crippen molar-refractivity contribution < 1.29 is 19.1 Å². The molecule has 0 spiro atoms. The molecule has 2 N–H and O–H groups in total. The number of halogens is 1. The number of carbonyl (C=O) groups excluding carboxylic acids is 2. The summed E-state index contributed by atoms with van der Waals surface area (Å²) in [6.45, 7) is 4.38. The maximum Gasteiger partial charge on any atom is 0.254 e. The van der Waals surface area contributed by atoms with Crippen molar-refractivity contribution in [2.45, 2.75) is 45.3 Å². The number of benzene rings is 2. The van der Waals surface area contributed by atoms with Crippen LogP contribution in [0.15, 0.2) is 48.5 Å². The Morgan fingerprint density at radius 3 is 2.43 bits per heavy atom. The van der Waals surface area contributed by atoms with Gasteiger partial charge in [0.1, 0.15) is 11.4 Å². The Kier molecular flexibility index (Phi) is 6.87. The minimum absolute atomic E-state index is 0.0841. The third-order valence-corrected chi connectivity index (χ3v) is 5.71. The molecular weight excluding hydrogens is 383 g/mol. The Hall–Kier alpha value is -2.73. The number of nitrogens with one attached hydrogen (secondary N) is 1. The van der Waals surface area contributed by atoms with Gasteiger partial charge >= 0.3 is 0 Å². The average molecular weight is 413 g/mol. The lowest BCUT2D eigenvalue weighted by Gasteiger charge is -2.36. The number of piperidine rings is 1. The van der Waals surface area contributed by atoms with Crippen molar-refractivity contribution in [2.75, 3.05) is 13.1 Å². The number of hydrogen-bond donors (Lipinski definition) is 2. The summed E-state index contributed by atoms with van der Waals surface area (Å²) in [5.74, 6) is -0.862. The van der Waals surface area contributed by atoms with Gasteiger partial charge in [-0.3, -0.25) is 9.59 Å². The fourth-order valence-electron chi connectivity index (χ4n) is 3.83. The van der Waals surface area contributed by atoms with E-state index in [1.54, 1.807) is 30.9 Å². The van der Waals surface area contributed by atoms with E-state index in [1.807, 2.05) is 30.3 Å². The summed E-state index contributed by atoms with van der Waals surface area (Å²) in [5.41, 5.74) is 0.713. The average Bonchev–Trinajstić information content (AvgIpc) is 2.74. The molecule has 1 saturated heterocycles. The topological polar surface area (TPSA) is 69.6 Å². The number of hydrogen-bond acceptors (Lipinski definition) is 3. The second kappa shape index (κ2) is 9.39. The lowest BCUT2D eigenvalue weighted by molar-refractivity contribution is -0.151. The Morgan fingerprint density at radius 1 is 1.13 bits per heavy atom. The van der Waals surface area contributed by atoms with Crippen molar-refractivity contribution in [3.05, 3.63) is 71.0 Å². The van der Waals surface area contributed by atoms with E-state index in [0.717, 1.165) is 11.1 Å².